The third-order valence-electron chi connectivity index (χ3n) is 3.13. The zero-order chi connectivity index (χ0) is 15.2. The molecule has 2 rings (SSSR count). The van der Waals surface area contributed by atoms with Crippen molar-refractivity contribution >= 4 is 11.5 Å². The number of hydrogen-bond acceptors (Lipinski definition) is 6. The topological polar surface area (TPSA) is 70.3 Å². The Bertz CT molecular complexity index is 586. The van der Waals surface area contributed by atoms with Crippen LogP contribution in [-0.2, 0) is 6.42 Å². The molecule has 0 aliphatic carbocycles. The van der Waals surface area contributed by atoms with Crippen LogP contribution in [0.15, 0.2) is 18.2 Å². The Morgan fingerprint density at radius 3 is 2.52 bits per heavy atom. The van der Waals surface area contributed by atoms with Gasteiger partial charge in [0.05, 0.1) is 29.8 Å². The van der Waals surface area contributed by atoms with Gasteiger partial charge in [-0.1, -0.05) is 17.5 Å². The lowest BCUT2D eigenvalue weighted by molar-refractivity contribution is 0.287. The summed E-state index contributed by atoms with van der Waals surface area (Å²) in [5.41, 5.74) is 8.29. The van der Waals surface area contributed by atoms with Crippen LogP contribution in [0.2, 0.25) is 0 Å². The van der Waals surface area contributed by atoms with E-state index in [2.05, 4.69) is 16.5 Å². The van der Waals surface area contributed by atoms with Gasteiger partial charge in [-0.05, 0) is 49.5 Å². The first-order valence-electron chi connectivity index (χ1n) is 7.17. The molecule has 0 bridgehead atoms. The Hall–Kier alpha value is -1.66. The second-order valence-corrected chi connectivity index (χ2v) is 5.27. The molecule has 0 amide bonds. The van der Waals surface area contributed by atoms with Gasteiger partial charge in [-0.2, -0.15) is 0 Å². The quantitative estimate of drug-likeness (QED) is 0.851. The minimum absolute atomic E-state index is 0.241. The maximum atomic E-state index is 6.36. The van der Waals surface area contributed by atoms with Crippen LogP contribution in [0.25, 0.3) is 0 Å². The first-order chi connectivity index (χ1) is 10.2. The van der Waals surface area contributed by atoms with Crippen molar-refractivity contribution in [2.45, 2.75) is 33.2 Å². The molecular formula is C15H21N3O2S. The lowest BCUT2D eigenvalue weighted by atomic mass is 10.0. The Morgan fingerprint density at radius 1 is 1.14 bits per heavy atom. The van der Waals surface area contributed by atoms with E-state index in [-0.39, 0.29) is 6.04 Å². The lowest BCUT2D eigenvalue weighted by Gasteiger charge is -2.15. The lowest BCUT2D eigenvalue weighted by Crippen LogP contribution is -2.12. The molecular weight excluding hydrogens is 286 g/mol. The van der Waals surface area contributed by atoms with Gasteiger partial charge in [0.25, 0.3) is 0 Å². The second kappa shape index (κ2) is 7.38. The zero-order valence-electron chi connectivity index (χ0n) is 12.6. The van der Waals surface area contributed by atoms with E-state index in [1.807, 2.05) is 32.0 Å². The molecule has 1 unspecified atom stereocenters. The van der Waals surface area contributed by atoms with Crippen LogP contribution < -0.4 is 15.2 Å². The Labute approximate surface area is 129 Å². The van der Waals surface area contributed by atoms with Crippen LogP contribution in [0.5, 0.6) is 11.5 Å². The largest absolute Gasteiger partial charge is 0.490 e. The first kappa shape index (κ1) is 15.7. The summed E-state index contributed by atoms with van der Waals surface area (Å²) in [4.78, 5) is 1.00. The fraction of sp³-hybridized carbons (Fsp3) is 0.467. The molecule has 0 radical (unpaired) electrons. The highest BCUT2D eigenvalue weighted by Crippen LogP contribution is 2.33. The van der Waals surface area contributed by atoms with Crippen LogP contribution in [0.3, 0.4) is 0 Å². The number of aromatic nitrogens is 2. The van der Waals surface area contributed by atoms with Gasteiger partial charge < -0.3 is 15.2 Å². The van der Waals surface area contributed by atoms with E-state index in [1.165, 1.54) is 11.5 Å². The SMILES string of the molecule is CCOc1ccc(C(N)c2snnc2CC)cc1OCC. The van der Waals surface area contributed by atoms with E-state index in [1.54, 1.807) is 0 Å². The van der Waals surface area contributed by atoms with Crippen molar-refractivity contribution in [1.82, 2.24) is 9.59 Å². The summed E-state index contributed by atoms with van der Waals surface area (Å²) in [6.45, 7) is 7.14. The first-order valence-corrected chi connectivity index (χ1v) is 7.94. The van der Waals surface area contributed by atoms with Crippen molar-refractivity contribution in [3.8, 4) is 11.5 Å². The Balaban J connectivity index is 2.33. The number of nitrogens with zero attached hydrogens (tertiary/aromatic N) is 2. The number of rotatable bonds is 7. The highest BCUT2D eigenvalue weighted by Gasteiger charge is 2.18. The third-order valence-corrected chi connectivity index (χ3v) is 3.98. The predicted octanol–water partition coefficient (Wildman–Crippen LogP) is 2.95. The number of benzene rings is 1. The molecule has 6 heteroatoms. The van der Waals surface area contributed by atoms with Gasteiger partial charge in [-0.15, -0.1) is 5.10 Å². The van der Waals surface area contributed by atoms with Gasteiger partial charge in [0.2, 0.25) is 0 Å². The normalized spacial score (nSPS) is 12.2. The molecule has 1 aromatic heterocycles. The summed E-state index contributed by atoms with van der Waals surface area (Å²) in [5, 5.41) is 4.12. The van der Waals surface area contributed by atoms with Crippen LogP contribution in [-0.4, -0.2) is 22.8 Å². The van der Waals surface area contributed by atoms with E-state index in [0.717, 1.165) is 34.1 Å². The molecule has 1 atom stereocenters. The Morgan fingerprint density at radius 2 is 1.86 bits per heavy atom. The monoisotopic (exact) mass is 307 g/mol. The maximum absolute atomic E-state index is 6.36. The predicted molar refractivity (Wildman–Crippen MR) is 84.1 cm³/mol. The van der Waals surface area contributed by atoms with E-state index in [0.29, 0.717) is 13.2 Å². The Kier molecular flexibility index (Phi) is 5.52. The van der Waals surface area contributed by atoms with Gasteiger partial charge in [-0.25, -0.2) is 0 Å². The summed E-state index contributed by atoms with van der Waals surface area (Å²) in [5.74, 6) is 1.47. The van der Waals surface area contributed by atoms with Crippen LogP contribution in [0, 0.1) is 0 Å². The van der Waals surface area contributed by atoms with Crippen molar-refractivity contribution in [3.05, 3.63) is 34.3 Å². The van der Waals surface area contributed by atoms with Gasteiger partial charge in [0.15, 0.2) is 11.5 Å². The molecule has 0 fully saturated rings. The number of hydrogen-bond donors (Lipinski definition) is 1. The number of ether oxygens (including phenoxy) is 2. The molecule has 114 valence electrons. The van der Waals surface area contributed by atoms with Crippen LogP contribution in [0.4, 0.5) is 0 Å². The summed E-state index contributed by atoms with van der Waals surface area (Å²) in [6, 6.07) is 5.58. The molecule has 0 aliphatic heterocycles. The molecule has 2 aromatic rings. The maximum Gasteiger partial charge on any atom is 0.161 e. The van der Waals surface area contributed by atoms with E-state index >= 15 is 0 Å². The van der Waals surface area contributed by atoms with Gasteiger partial charge in [-0.3, -0.25) is 0 Å². The number of aryl methyl sites for hydroxylation is 1. The summed E-state index contributed by atoms with van der Waals surface area (Å²) in [6.07, 6.45) is 0.828. The van der Waals surface area contributed by atoms with Crippen molar-refractivity contribution in [2.24, 2.45) is 5.73 Å². The van der Waals surface area contributed by atoms with E-state index in [9.17, 15) is 0 Å². The highest BCUT2D eigenvalue weighted by atomic mass is 32.1. The van der Waals surface area contributed by atoms with Crippen molar-refractivity contribution in [1.29, 1.82) is 0 Å². The van der Waals surface area contributed by atoms with Gasteiger partial charge >= 0.3 is 0 Å². The molecule has 0 aliphatic rings. The fourth-order valence-electron chi connectivity index (χ4n) is 2.11. The van der Waals surface area contributed by atoms with Crippen LogP contribution >= 0.6 is 11.5 Å². The second-order valence-electron chi connectivity index (χ2n) is 4.49. The zero-order valence-corrected chi connectivity index (χ0v) is 13.4. The molecule has 0 saturated carbocycles. The standard InChI is InChI=1S/C15H21N3O2S/c1-4-11-15(21-18-17-11)14(16)10-7-8-12(19-5-2)13(9-10)20-6-3/h7-9,14H,4-6,16H2,1-3H3. The van der Waals surface area contributed by atoms with Crippen molar-refractivity contribution in [3.63, 3.8) is 0 Å². The molecule has 5 nitrogen and oxygen atoms in total. The third kappa shape index (κ3) is 3.51. The van der Waals surface area contributed by atoms with Crippen molar-refractivity contribution < 1.29 is 9.47 Å². The average molecular weight is 307 g/mol. The van der Waals surface area contributed by atoms with Crippen LogP contribution in [0.1, 0.15) is 42.9 Å². The number of nitrogens with two attached hydrogens (primary N) is 1. The molecule has 21 heavy (non-hydrogen) atoms. The van der Waals surface area contributed by atoms with E-state index in [4.69, 9.17) is 15.2 Å². The fourth-order valence-corrected chi connectivity index (χ4v) is 2.88. The van der Waals surface area contributed by atoms with E-state index < -0.39 is 0 Å². The summed E-state index contributed by atoms with van der Waals surface area (Å²) < 4.78 is 15.2. The molecule has 2 N–H and O–H groups in total. The average Bonchev–Trinajstić information content (AvgIpc) is 2.97. The summed E-state index contributed by atoms with van der Waals surface area (Å²) >= 11 is 1.35. The molecule has 0 spiro atoms. The molecule has 1 heterocycles. The minimum Gasteiger partial charge on any atom is -0.490 e. The van der Waals surface area contributed by atoms with Gasteiger partial charge in [0, 0.05) is 0 Å². The highest BCUT2D eigenvalue weighted by molar-refractivity contribution is 7.05. The smallest absolute Gasteiger partial charge is 0.161 e. The van der Waals surface area contributed by atoms with Gasteiger partial charge in [0.1, 0.15) is 0 Å². The molecule has 1 aromatic carbocycles. The summed E-state index contributed by atoms with van der Waals surface area (Å²) in [7, 11) is 0. The minimum atomic E-state index is -0.241. The van der Waals surface area contributed by atoms with Crippen molar-refractivity contribution in [2.75, 3.05) is 13.2 Å². The molecule has 0 saturated heterocycles.